The number of anilines is 1. The summed E-state index contributed by atoms with van der Waals surface area (Å²) in [4.78, 5) is 14.9. The van der Waals surface area contributed by atoms with E-state index < -0.39 is 0 Å². The number of nitrogens with zero attached hydrogens (tertiary/aromatic N) is 4. The van der Waals surface area contributed by atoms with Crippen molar-refractivity contribution in [3.8, 4) is 11.4 Å². The number of benzene rings is 2. The highest BCUT2D eigenvalue weighted by molar-refractivity contribution is 5.95. The van der Waals surface area contributed by atoms with Crippen LogP contribution in [0.3, 0.4) is 0 Å². The van der Waals surface area contributed by atoms with Crippen molar-refractivity contribution in [2.24, 2.45) is 0 Å². The number of aromatic nitrogens is 3. The molecule has 0 aliphatic carbocycles. The standard InChI is InChI=1S/C20H21N5O2/c1-27-19-8-3-2-7-18(19)24-11-9-16(14-24)22-20(26)15-5-4-6-17(13-15)25-12-10-21-23-25/h2-8,10,12-13,16H,9,11,14H2,1H3,(H,22,26)/t16-/m0/s1. The summed E-state index contributed by atoms with van der Waals surface area (Å²) in [5, 5.41) is 10.9. The van der Waals surface area contributed by atoms with Crippen LogP contribution in [-0.2, 0) is 0 Å². The van der Waals surface area contributed by atoms with Crippen LogP contribution in [0.4, 0.5) is 5.69 Å². The van der Waals surface area contributed by atoms with Crippen molar-refractivity contribution in [3.05, 3.63) is 66.5 Å². The van der Waals surface area contributed by atoms with Gasteiger partial charge < -0.3 is 15.0 Å². The Labute approximate surface area is 157 Å². The quantitative estimate of drug-likeness (QED) is 0.753. The second-order valence-corrected chi connectivity index (χ2v) is 6.47. The minimum absolute atomic E-state index is 0.0798. The third-order valence-electron chi connectivity index (χ3n) is 4.74. The molecule has 2 heterocycles. The highest BCUT2D eigenvalue weighted by Gasteiger charge is 2.26. The zero-order valence-electron chi connectivity index (χ0n) is 15.1. The Bertz CT molecular complexity index is 926. The van der Waals surface area contributed by atoms with Crippen molar-refractivity contribution in [2.75, 3.05) is 25.1 Å². The van der Waals surface area contributed by atoms with E-state index in [2.05, 4.69) is 20.5 Å². The van der Waals surface area contributed by atoms with Gasteiger partial charge in [-0.05, 0) is 36.8 Å². The monoisotopic (exact) mass is 363 g/mol. The second-order valence-electron chi connectivity index (χ2n) is 6.47. The van der Waals surface area contributed by atoms with E-state index in [4.69, 9.17) is 4.74 Å². The number of ether oxygens (including phenoxy) is 1. The van der Waals surface area contributed by atoms with Gasteiger partial charge in [0.15, 0.2) is 0 Å². The molecule has 2 aromatic carbocycles. The lowest BCUT2D eigenvalue weighted by molar-refractivity contribution is 0.0940. The van der Waals surface area contributed by atoms with Gasteiger partial charge in [-0.1, -0.05) is 23.4 Å². The van der Waals surface area contributed by atoms with Gasteiger partial charge in [0.2, 0.25) is 0 Å². The number of methoxy groups -OCH3 is 1. The summed E-state index contributed by atoms with van der Waals surface area (Å²) in [5.74, 6) is 0.772. The van der Waals surface area contributed by atoms with Crippen LogP contribution in [0.25, 0.3) is 5.69 Å². The highest BCUT2D eigenvalue weighted by Crippen LogP contribution is 2.30. The third-order valence-corrected chi connectivity index (χ3v) is 4.74. The van der Waals surface area contributed by atoms with Gasteiger partial charge in [-0.2, -0.15) is 0 Å². The van der Waals surface area contributed by atoms with Gasteiger partial charge in [0, 0.05) is 24.7 Å². The molecule has 1 N–H and O–H groups in total. The molecular weight excluding hydrogens is 342 g/mol. The number of hydrogen-bond donors (Lipinski definition) is 1. The SMILES string of the molecule is COc1ccccc1N1CC[C@H](NC(=O)c2cccc(-n3ccnn3)c2)C1. The van der Waals surface area contributed by atoms with E-state index in [9.17, 15) is 4.79 Å². The molecule has 1 aliphatic rings. The summed E-state index contributed by atoms with van der Waals surface area (Å²) in [7, 11) is 1.68. The second kappa shape index (κ2) is 7.49. The van der Waals surface area contributed by atoms with E-state index >= 15 is 0 Å². The average molecular weight is 363 g/mol. The van der Waals surface area contributed by atoms with Crippen LogP contribution in [0.15, 0.2) is 60.9 Å². The van der Waals surface area contributed by atoms with Crippen LogP contribution < -0.4 is 15.0 Å². The molecule has 1 aliphatic heterocycles. The van der Waals surface area contributed by atoms with Gasteiger partial charge in [-0.3, -0.25) is 4.79 Å². The maximum absolute atomic E-state index is 12.7. The molecule has 0 radical (unpaired) electrons. The van der Waals surface area contributed by atoms with Gasteiger partial charge in [0.25, 0.3) is 5.91 Å². The van der Waals surface area contributed by atoms with E-state index in [1.54, 1.807) is 24.2 Å². The molecule has 0 saturated carbocycles. The highest BCUT2D eigenvalue weighted by atomic mass is 16.5. The number of carbonyl (C=O) groups excluding carboxylic acids is 1. The van der Waals surface area contributed by atoms with Crippen molar-refractivity contribution < 1.29 is 9.53 Å². The van der Waals surface area contributed by atoms with E-state index in [1.165, 1.54) is 0 Å². The molecule has 7 nitrogen and oxygen atoms in total. The molecule has 1 saturated heterocycles. The summed E-state index contributed by atoms with van der Waals surface area (Å²) >= 11 is 0. The van der Waals surface area contributed by atoms with Gasteiger partial charge in [0.05, 0.1) is 30.9 Å². The molecule has 7 heteroatoms. The first-order valence-electron chi connectivity index (χ1n) is 8.90. The minimum atomic E-state index is -0.0798. The summed E-state index contributed by atoms with van der Waals surface area (Å²) in [5.41, 5.74) is 2.48. The lowest BCUT2D eigenvalue weighted by atomic mass is 10.1. The van der Waals surface area contributed by atoms with Crippen molar-refractivity contribution >= 4 is 11.6 Å². The van der Waals surface area contributed by atoms with Crippen LogP contribution >= 0.6 is 0 Å². The van der Waals surface area contributed by atoms with Gasteiger partial charge >= 0.3 is 0 Å². The van der Waals surface area contributed by atoms with Crippen LogP contribution in [0.1, 0.15) is 16.8 Å². The van der Waals surface area contributed by atoms with Crippen molar-refractivity contribution in [1.82, 2.24) is 20.3 Å². The first kappa shape index (κ1) is 17.1. The zero-order chi connectivity index (χ0) is 18.6. The molecule has 27 heavy (non-hydrogen) atoms. The lowest BCUT2D eigenvalue weighted by Crippen LogP contribution is -2.37. The number of hydrogen-bond acceptors (Lipinski definition) is 5. The van der Waals surface area contributed by atoms with Crippen molar-refractivity contribution in [3.63, 3.8) is 0 Å². The molecule has 138 valence electrons. The fourth-order valence-corrected chi connectivity index (χ4v) is 3.39. The number of amides is 1. The fourth-order valence-electron chi connectivity index (χ4n) is 3.39. The maximum Gasteiger partial charge on any atom is 0.251 e. The molecular formula is C20H21N5O2. The third kappa shape index (κ3) is 3.62. The normalized spacial score (nSPS) is 16.3. The van der Waals surface area contributed by atoms with Gasteiger partial charge in [-0.25, -0.2) is 4.68 Å². The first-order chi connectivity index (χ1) is 13.2. The molecule has 1 aromatic heterocycles. The topological polar surface area (TPSA) is 72.3 Å². The van der Waals surface area contributed by atoms with E-state index in [-0.39, 0.29) is 11.9 Å². The molecule has 1 fully saturated rings. The Morgan fingerprint density at radius 3 is 2.93 bits per heavy atom. The summed E-state index contributed by atoms with van der Waals surface area (Å²) < 4.78 is 7.08. The van der Waals surface area contributed by atoms with Crippen LogP contribution in [0.2, 0.25) is 0 Å². The van der Waals surface area contributed by atoms with E-state index in [1.807, 2.05) is 48.5 Å². The lowest BCUT2D eigenvalue weighted by Gasteiger charge is -2.21. The minimum Gasteiger partial charge on any atom is -0.495 e. The summed E-state index contributed by atoms with van der Waals surface area (Å²) in [6.45, 7) is 1.64. The molecule has 0 unspecified atom stereocenters. The largest absolute Gasteiger partial charge is 0.495 e. The van der Waals surface area contributed by atoms with Crippen molar-refractivity contribution in [2.45, 2.75) is 12.5 Å². The summed E-state index contributed by atoms with van der Waals surface area (Å²) in [6.07, 6.45) is 4.25. The predicted octanol–water partition coefficient (Wildman–Crippen LogP) is 2.28. The molecule has 1 amide bonds. The van der Waals surface area contributed by atoms with E-state index in [0.717, 1.165) is 36.6 Å². The van der Waals surface area contributed by atoms with Gasteiger partial charge in [0.1, 0.15) is 5.75 Å². The predicted molar refractivity (Wildman–Crippen MR) is 102 cm³/mol. The van der Waals surface area contributed by atoms with E-state index in [0.29, 0.717) is 5.56 Å². The molecule has 4 rings (SSSR count). The van der Waals surface area contributed by atoms with Gasteiger partial charge in [-0.15, -0.1) is 5.10 Å². The Balaban J connectivity index is 1.43. The average Bonchev–Trinajstić information content (AvgIpc) is 3.40. The molecule has 0 spiro atoms. The Hall–Kier alpha value is -3.35. The zero-order valence-corrected chi connectivity index (χ0v) is 15.1. The molecule has 0 bridgehead atoms. The number of carbonyl (C=O) groups is 1. The Morgan fingerprint density at radius 2 is 2.11 bits per heavy atom. The Morgan fingerprint density at radius 1 is 1.22 bits per heavy atom. The smallest absolute Gasteiger partial charge is 0.251 e. The fraction of sp³-hybridized carbons (Fsp3) is 0.250. The molecule has 3 aromatic rings. The summed E-state index contributed by atoms with van der Waals surface area (Å²) in [6, 6.07) is 15.4. The number of nitrogens with one attached hydrogen (secondary N) is 1. The maximum atomic E-state index is 12.7. The van der Waals surface area contributed by atoms with Crippen LogP contribution in [0.5, 0.6) is 5.75 Å². The van der Waals surface area contributed by atoms with Crippen LogP contribution in [0, 0.1) is 0 Å². The number of rotatable bonds is 5. The van der Waals surface area contributed by atoms with Crippen molar-refractivity contribution in [1.29, 1.82) is 0 Å². The first-order valence-corrected chi connectivity index (χ1v) is 8.90. The van der Waals surface area contributed by atoms with Crippen LogP contribution in [-0.4, -0.2) is 47.1 Å². The Kier molecular flexibility index (Phi) is 4.74. The number of para-hydroxylation sites is 2. The molecule has 1 atom stereocenters.